The zero-order chi connectivity index (χ0) is 22.4. The van der Waals surface area contributed by atoms with Crippen molar-refractivity contribution in [3.05, 3.63) is 57.4 Å². The molecule has 1 N–H and O–H groups in total. The van der Waals surface area contributed by atoms with Crippen molar-refractivity contribution in [3.63, 3.8) is 0 Å². The lowest BCUT2D eigenvalue weighted by Gasteiger charge is -2.36. The number of hydrogen-bond acceptors (Lipinski definition) is 8. The fraction of sp³-hybridized carbons (Fsp3) is 0.286. The lowest BCUT2D eigenvalue weighted by atomic mass is 10.2. The Kier molecular flexibility index (Phi) is 7.54. The SMILES string of the molecule is COC(=O)/C=C(/Nc1ccc(N2CCN(C(=O)c3cccs3)CC2)c(Cl)c1)C(=O)OC. The second-order valence-electron chi connectivity index (χ2n) is 6.62. The highest BCUT2D eigenvalue weighted by Crippen LogP contribution is 2.30. The van der Waals surface area contributed by atoms with Crippen LogP contribution in [0.3, 0.4) is 0 Å². The Balaban J connectivity index is 1.67. The summed E-state index contributed by atoms with van der Waals surface area (Å²) in [5.41, 5.74) is 1.27. The molecule has 0 saturated carbocycles. The molecule has 1 aliphatic rings. The van der Waals surface area contributed by atoms with Crippen molar-refractivity contribution in [1.82, 2.24) is 4.90 Å². The van der Waals surface area contributed by atoms with Crippen molar-refractivity contribution >= 4 is 52.2 Å². The van der Waals surface area contributed by atoms with Gasteiger partial charge in [-0.15, -0.1) is 11.3 Å². The van der Waals surface area contributed by atoms with Gasteiger partial charge in [-0.05, 0) is 29.6 Å². The number of halogens is 1. The zero-order valence-corrected chi connectivity index (χ0v) is 18.7. The van der Waals surface area contributed by atoms with Crippen LogP contribution in [0.25, 0.3) is 0 Å². The molecule has 31 heavy (non-hydrogen) atoms. The second-order valence-corrected chi connectivity index (χ2v) is 7.98. The van der Waals surface area contributed by atoms with E-state index in [1.165, 1.54) is 25.6 Å². The van der Waals surface area contributed by atoms with Gasteiger partial charge in [0.15, 0.2) is 0 Å². The third kappa shape index (κ3) is 5.56. The standard InChI is InChI=1S/C21H22ClN3O5S/c1-29-19(26)13-16(21(28)30-2)23-14-5-6-17(15(22)12-14)24-7-9-25(10-8-24)20(27)18-4-3-11-31-18/h3-6,11-13,23H,7-10H2,1-2H3/b16-13+. The number of esters is 2. The van der Waals surface area contributed by atoms with E-state index in [0.29, 0.717) is 36.9 Å². The van der Waals surface area contributed by atoms with Crippen molar-refractivity contribution in [2.24, 2.45) is 0 Å². The van der Waals surface area contributed by atoms with Crippen LogP contribution in [0.15, 0.2) is 47.5 Å². The number of anilines is 2. The first kappa shape index (κ1) is 22.6. The smallest absolute Gasteiger partial charge is 0.354 e. The molecular formula is C21H22ClN3O5S. The topological polar surface area (TPSA) is 88.2 Å². The van der Waals surface area contributed by atoms with Crippen molar-refractivity contribution < 1.29 is 23.9 Å². The molecule has 164 valence electrons. The molecule has 1 fully saturated rings. The van der Waals surface area contributed by atoms with Crippen LogP contribution in [0.1, 0.15) is 9.67 Å². The van der Waals surface area contributed by atoms with Crippen molar-refractivity contribution in [2.45, 2.75) is 0 Å². The average molecular weight is 464 g/mol. The summed E-state index contributed by atoms with van der Waals surface area (Å²) >= 11 is 7.92. The molecular weight excluding hydrogens is 442 g/mol. The zero-order valence-electron chi connectivity index (χ0n) is 17.1. The van der Waals surface area contributed by atoms with Crippen LogP contribution in [-0.2, 0) is 19.1 Å². The van der Waals surface area contributed by atoms with Crippen LogP contribution < -0.4 is 10.2 Å². The Morgan fingerprint density at radius 2 is 1.84 bits per heavy atom. The van der Waals surface area contributed by atoms with Crippen LogP contribution in [0, 0.1) is 0 Å². The summed E-state index contributed by atoms with van der Waals surface area (Å²) in [6.45, 7) is 2.50. The van der Waals surface area contributed by atoms with Crippen LogP contribution >= 0.6 is 22.9 Å². The third-order valence-electron chi connectivity index (χ3n) is 4.73. The van der Waals surface area contributed by atoms with Gasteiger partial charge in [0.25, 0.3) is 5.91 Å². The molecule has 2 heterocycles. The van der Waals surface area contributed by atoms with E-state index in [-0.39, 0.29) is 11.6 Å². The summed E-state index contributed by atoms with van der Waals surface area (Å²) in [5, 5.41) is 5.21. The van der Waals surface area contributed by atoms with Crippen molar-refractivity contribution in [3.8, 4) is 0 Å². The van der Waals surface area contributed by atoms with E-state index in [1.54, 1.807) is 12.1 Å². The molecule has 1 amide bonds. The van der Waals surface area contributed by atoms with Gasteiger partial charge in [0.1, 0.15) is 5.70 Å². The Morgan fingerprint density at radius 1 is 1.10 bits per heavy atom. The summed E-state index contributed by atoms with van der Waals surface area (Å²) in [6, 6.07) is 8.94. The number of hydrogen-bond donors (Lipinski definition) is 1. The summed E-state index contributed by atoms with van der Waals surface area (Å²) in [4.78, 5) is 40.6. The maximum atomic E-state index is 12.5. The lowest BCUT2D eigenvalue weighted by Crippen LogP contribution is -2.48. The fourth-order valence-electron chi connectivity index (χ4n) is 3.14. The minimum Gasteiger partial charge on any atom is -0.466 e. The molecule has 1 aliphatic heterocycles. The minimum atomic E-state index is -0.711. The molecule has 0 unspecified atom stereocenters. The molecule has 0 aliphatic carbocycles. The van der Waals surface area contributed by atoms with Crippen LogP contribution in [-0.4, -0.2) is 63.1 Å². The molecule has 1 aromatic heterocycles. The highest BCUT2D eigenvalue weighted by atomic mass is 35.5. The number of nitrogens with one attached hydrogen (secondary N) is 1. The van der Waals surface area contributed by atoms with Gasteiger partial charge in [0.2, 0.25) is 0 Å². The van der Waals surface area contributed by atoms with Gasteiger partial charge in [-0.2, -0.15) is 0 Å². The Morgan fingerprint density at radius 3 is 2.42 bits per heavy atom. The van der Waals surface area contributed by atoms with Gasteiger partial charge in [0.05, 0.1) is 35.9 Å². The van der Waals surface area contributed by atoms with Crippen LogP contribution in [0.5, 0.6) is 0 Å². The van der Waals surface area contributed by atoms with E-state index in [4.69, 9.17) is 11.6 Å². The highest BCUT2D eigenvalue weighted by Gasteiger charge is 2.24. The number of methoxy groups -OCH3 is 2. The number of thiophene rings is 1. The molecule has 1 aromatic carbocycles. The molecule has 8 nitrogen and oxygen atoms in total. The predicted octanol–water partition coefficient (Wildman–Crippen LogP) is 3.01. The number of amides is 1. The Hall–Kier alpha value is -3.04. The molecule has 0 bridgehead atoms. The molecule has 2 aromatic rings. The van der Waals surface area contributed by atoms with E-state index in [1.807, 2.05) is 28.5 Å². The van der Waals surface area contributed by atoms with Crippen molar-refractivity contribution in [1.29, 1.82) is 0 Å². The maximum absolute atomic E-state index is 12.5. The molecule has 10 heteroatoms. The second kappa shape index (κ2) is 10.3. The van der Waals surface area contributed by atoms with Crippen molar-refractivity contribution in [2.75, 3.05) is 50.6 Å². The fourth-order valence-corrected chi connectivity index (χ4v) is 4.13. The van der Waals surface area contributed by atoms with E-state index < -0.39 is 11.9 Å². The number of piperazine rings is 1. The van der Waals surface area contributed by atoms with Gasteiger partial charge < -0.3 is 24.6 Å². The number of ether oxygens (including phenoxy) is 2. The predicted molar refractivity (Wildman–Crippen MR) is 120 cm³/mol. The van der Waals surface area contributed by atoms with Gasteiger partial charge in [-0.25, -0.2) is 9.59 Å². The number of carbonyl (C=O) groups excluding carboxylic acids is 3. The molecule has 0 spiro atoms. The summed E-state index contributed by atoms with van der Waals surface area (Å²) < 4.78 is 9.25. The summed E-state index contributed by atoms with van der Waals surface area (Å²) in [6.07, 6.45) is 1.01. The van der Waals surface area contributed by atoms with Gasteiger partial charge in [0, 0.05) is 31.9 Å². The van der Waals surface area contributed by atoms with E-state index in [9.17, 15) is 14.4 Å². The lowest BCUT2D eigenvalue weighted by molar-refractivity contribution is -0.138. The number of rotatable bonds is 6. The molecule has 0 radical (unpaired) electrons. The number of benzene rings is 1. The average Bonchev–Trinajstić information content (AvgIpc) is 3.32. The monoisotopic (exact) mass is 463 g/mol. The minimum absolute atomic E-state index is 0.0491. The molecule has 0 atom stereocenters. The number of nitrogens with zero attached hydrogens (tertiary/aromatic N) is 2. The Bertz CT molecular complexity index is 985. The molecule has 1 saturated heterocycles. The van der Waals surface area contributed by atoms with Gasteiger partial charge >= 0.3 is 11.9 Å². The van der Waals surface area contributed by atoms with E-state index >= 15 is 0 Å². The first-order chi connectivity index (χ1) is 14.9. The first-order valence-electron chi connectivity index (χ1n) is 9.45. The van der Waals surface area contributed by atoms with E-state index in [0.717, 1.165) is 16.6 Å². The first-order valence-corrected chi connectivity index (χ1v) is 10.7. The van der Waals surface area contributed by atoms with Crippen LogP contribution in [0.2, 0.25) is 5.02 Å². The summed E-state index contributed by atoms with van der Waals surface area (Å²) in [7, 11) is 2.43. The Labute approximate surface area is 189 Å². The van der Waals surface area contributed by atoms with Gasteiger partial charge in [-0.1, -0.05) is 17.7 Å². The maximum Gasteiger partial charge on any atom is 0.354 e. The van der Waals surface area contributed by atoms with Gasteiger partial charge in [-0.3, -0.25) is 4.79 Å². The van der Waals surface area contributed by atoms with Crippen LogP contribution in [0.4, 0.5) is 11.4 Å². The summed E-state index contributed by atoms with van der Waals surface area (Å²) in [5.74, 6) is -1.35. The third-order valence-corrected chi connectivity index (χ3v) is 5.90. The molecule has 3 rings (SSSR count). The normalized spacial score (nSPS) is 14.2. The number of carbonyl (C=O) groups is 3. The van der Waals surface area contributed by atoms with E-state index in [2.05, 4.69) is 19.7 Å². The quantitative estimate of drug-likeness (QED) is 0.520. The largest absolute Gasteiger partial charge is 0.466 e. The highest BCUT2D eigenvalue weighted by molar-refractivity contribution is 7.12.